The van der Waals surface area contributed by atoms with E-state index in [-0.39, 0.29) is 6.71 Å². The molecular weight excluding hydrogens is 607 g/mol. The van der Waals surface area contributed by atoms with E-state index in [2.05, 4.69) is 209 Å². The molecule has 0 unspecified atom stereocenters. The van der Waals surface area contributed by atoms with Crippen LogP contribution in [-0.2, 0) is 0 Å². The second-order valence-corrected chi connectivity index (χ2v) is 13.8. The van der Waals surface area contributed by atoms with E-state index in [1.54, 1.807) is 0 Å². The van der Waals surface area contributed by atoms with Crippen LogP contribution in [0.1, 0.15) is 13.8 Å². The molecule has 0 radical (unpaired) electrons. The van der Waals surface area contributed by atoms with Crippen LogP contribution in [0, 0.1) is 0 Å². The largest absolute Gasteiger partial charge is 0.317 e. The molecule has 3 aliphatic rings. The number of rotatable bonds is 5. The van der Waals surface area contributed by atoms with Crippen LogP contribution in [0.3, 0.4) is 0 Å². The lowest BCUT2D eigenvalue weighted by Gasteiger charge is -2.47. The SMILES string of the molecule is CC1(C)N(c2ccccc2)c2cccc3c2N1c1cc(N(c2ccccc2)c2ccccc2)cc2c1B3c1ccccc1N2c1ccccc1. The van der Waals surface area contributed by atoms with E-state index >= 15 is 0 Å². The Kier molecular flexibility index (Phi) is 6.28. The third-order valence-electron chi connectivity index (χ3n) is 10.6. The maximum Gasteiger partial charge on any atom is 0.252 e. The molecule has 10 rings (SSSR count). The molecule has 0 atom stereocenters. The monoisotopic (exact) mass is 642 g/mol. The quantitative estimate of drug-likeness (QED) is 0.173. The topological polar surface area (TPSA) is 13.0 Å². The Hall–Kier alpha value is -6.20. The summed E-state index contributed by atoms with van der Waals surface area (Å²) in [4.78, 5) is 10.0. The first-order valence-corrected chi connectivity index (χ1v) is 17.4. The minimum absolute atomic E-state index is 0.0739. The molecule has 0 N–H and O–H groups in total. The lowest BCUT2D eigenvalue weighted by atomic mass is 9.33. The van der Waals surface area contributed by atoms with Crippen molar-refractivity contribution in [2.24, 2.45) is 0 Å². The van der Waals surface area contributed by atoms with E-state index in [1.807, 2.05) is 0 Å². The zero-order chi connectivity index (χ0) is 33.4. The third-order valence-corrected chi connectivity index (χ3v) is 10.6. The predicted octanol–water partition coefficient (Wildman–Crippen LogP) is 9.80. The summed E-state index contributed by atoms with van der Waals surface area (Å²) in [6, 6.07) is 64.0. The molecule has 0 aromatic heterocycles. The van der Waals surface area contributed by atoms with Crippen molar-refractivity contribution in [3.05, 3.63) is 176 Å². The summed E-state index contributed by atoms with van der Waals surface area (Å²) in [7, 11) is 0. The van der Waals surface area contributed by atoms with Gasteiger partial charge in [-0.25, -0.2) is 0 Å². The van der Waals surface area contributed by atoms with Crippen LogP contribution in [-0.4, -0.2) is 12.4 Å². The fraction of sp³-hybridized carbons (Fsp3) is 0.0667. The molecule has 3 heterocycles. The first-order valence-electron chi connectivity index (χ1n) is 17.4. The van der Waals surface area contributed by atoms with Crippen molar-refractivity contribution < 1.29 is 0 Å². The summed E-state index contributed by atoms with van der Waals surface area (Å²) < 4.78 is 0. The van der Waals surface area contributed by atoms with Crippen molar-refractivity contribution in [2.45, 2.75) is 19.5 Å². The molecule has 4 nitrogen and oxygen atoms in total. The Morgan fingerprint density at radius 1 is 0.440 bits per heavy atom. The molecule has 0 saturated heterocycles. The highest BCUT2D eigenvalue weighted by molar-refractivity contribution is 7.00. The highest BCUT2D eigenvalue weighted by Gasteiger charge is 2.53. The Bertz CT molecular complexity index is 2340. The summed E-state index contributed by atoms with van der Waals surface area (Å²) >= 11 is 0. The van der Waals surface area contributed by atoms with E-state index in [1.165, 1.54) is 50.5 Å². The Labute approximate surface area is 294 Å². The van der Waals surface area contributed by atoms with Gasteiger partial charge in [0.2, 0.25) is 0 Å². The zero-order valence-electron chi connectivity index (χ0n) is 28.1. The van der Waals surface area contributed by atoms with Crippen LogP contribution in [0.5, 0.6) is 0 Å². The average molecular weight is 643 g/mol. The molecule has 0 amide bonds. The first kappa shape index (κ1) is 28.8. The van der Waals surface area contributed by atoms with Gasteiger partial charge in [-0.3, -0.25) is 0 Å². The lowest BCUT2D eigenvalue weighted by Crippen LogP contribution is -2.63. The van der Waals surface area contributed by atoms with Crippen molar-refractivity contribution in [2.75, 3.05) is 19.6 Å². The molecule has 0 bridgehead atoms. The van der Waals surface area contributed by atoms with Gasteiger partial charge >= 0.3 is 0 Å². The van der Waals surface area contributed by atoms with Crippen molar-refractivity contribution >= 4 is 80.0 Å². The number of hydrogen-bond donors (Lipinski definition) is 0. The van der Waals surface area contributed by atoms with Crippen LogP contribution in [0.4, 0.5) is 56.9 Å². The first-order chi connectivity index (χ1) is 24.6. The average Bonchev–Trinajstić information content (AvgIpc) is 3.41. The summed E-state index contributed by atoms with van der Waals surface area (Å²) in [6.45, 7) is 4.80. The number of nitrogens with zero attached hydrogens (tertiary/aromatic N) is 4. The number of hydrogen-bond acceptors (Lipinski definition) is 4. The second kappa shape index (κ2) is 10.9. The normalized spacial score (nSPS) is 14.6. The van der Waals surface area contributed by atoms with Gasteiger partial charge in [0.1, 0.15) is 5.66 Å². The van der Waals surface area contributed by atoms with Gasteiger partial charge in [-0.1, -0.05) is 103 Å². The molecule has 7 aromatic rings. The Morgan fingerprint density at radius 3 is 1.62 bits per heavy atom. The molecular formula is C45H35BN4. The van der Waals surface area contributed by atoms with Gasteiger partial charge in [-0.05, 0) is 103 Å². The summed E-state index contributed by atoms with van der Waals surface area (Å²) in [5.41, 5.74) is 15.5. The van der Waals surface area contributed by atoms with Crippen LogP contribution < -0.4 is 36.0 Å². The second-order valence-electron chi connectivity index (χ2n) is 13.8. The number of anilines is 10. The Morgan fingerprint density at radius 2 is 0.960 bits per heavy atom. The van der Waals surface area contributed by atoms with Crippen LogP contribution in [0.25, 0.3) is 0 Å². The van der Waals surface area contributed by atoms with Crippen LogP contribution in [0.2, 0.25) is 0 Å². The molecule has 0 spiro atoms. The third kappa shape index (κ3) is 4.07. The maximum absolute atomic E-state index is 2.62. The van der Waals surface area contributed by atoms with E-state index in [0.29, 0.717) is 0 Å². The minimum atomic E-state index is -0.407. The molecule has 3 aliphatic heterocycles. The molecule has 238 valence electrons. The highest BCUT2D eigenvalue weighted by atomic mass is 15.5. The van der Waals surface area contributed by atoms with Crippen molar-refractivity contribution in [3.63, 3.8) is 0 Å². The van der Waals surface area contributed by atoms with Gasteiger partial charge in [0.15, 0.2) is 0 Å². The number of benzene rings is 7. The van der Waals surface area contributed by atoms with Gasteiger partial charge in [-0.2, -0.15) is 0 Å². The summed E-state index contributed by atoms with van der Waals surface area (Å²) in [5.74, 6) is 0. The molecule has 7 aromatic carbocycles. The van der Waals surface area contributed by atoms with Gasteiger partial charge in [0.05, 0.1) is 17.1 Å². The fourth-order valence-electron chi connectivity index (χ4n) is 8.72. The standard InChI is InChI=1S/C45H35BN4/c1-45(2)49(35-24-13-6-14-25-35)40-29-17-27-38-44(40)50(45)42-31-36(47(32-18-7-3-8-19-32)33-20-9-4-10-21-33)30-41-43(42)46(38)37-26-15-16-28-39(37)48(41)34-22-11-5-12-23-34/h3-31H,1-2H3. The fourth-order valence-corrected chi connectivity index (χ4v) is 8.72. The predicted molar refractivity (Wildman–Crippen MR) is 212 cm³/mol. The van der Waals surface area contributed by atoms with E-state index in [9.17, 15) is 0 Å². The van der Waals surface area contributed by atoms with E-state index < -0.39 is 5.66 Å². The van der Waals surface area contributed by atoms with Gasteiger partial charge in [0.25, 0.3) is 6.71 Å². The number of fused-ring (bicyclic) bond motifs is 4. The summed E-state index contributed by atoms with van der Waals surface area (Å²) in [6.07, 6.45) is 0. The van der Waals surface area contributed by atoms with E-state index in [4.69, 9.17) is 0 Å². The van der Waals surface area contributed by atoms with Crippen molar-refractivity contribution in [1.29, 1.82) is 0 Å². The smallest absolute Gasteiger partial charge is 0.252 e. The molecule has 0 saturated carbocycles. The molecule has 5 heteroatoms. The summed E-state index contributed by atoms with van der Waals surface area (Å²) in [5, 5.41) is 0. The number of para-hydroxylation sites is 6. The zero-order valence-corrected chi connectivity index (χ0v) is 28.1. The van der Waals surface area contributed by atoms with Crippen molar-refractivity contribution in [1.82, 2.24) is 0 Å². The molecule has 50 heavy (non-hydrogen) atoms. The maximum atomic E-state index is 2.62. The van der Waals surface area contributed by atoms with Crippen LogP contribution in [0.15, 0.2) is 176 Å². The van der Waals surface area contributed by atoms with Gasteiger partial charge < -0.3 is 19.6 Å². The Balaban J connectivity index is 1.33. The minimum Gasteiger partial charge on any atom is -0.317 e. The van der Waals surface area contributed by atoms with Gasteiger partial charge in [0, 0.05) is 39.8 Å². The van der Waals surface area contributed by atoms with E-state index in [0.717, 1.165) is 22.7 Å². The van der Waals surface area contributed by atoms with Crippen LogP contribution >= 0.6 is 0 Å². The van der Waals surface area contributed by atoms with Gasteiger partial charge in [-0.15, -0.1) is 0 Å². The molecule has 0 fully saturated rings. The highest BCUT2D eigenvalue weighted by Crippen LogP contribution is 2.55. The molecule has 0 aliphatic carbocycles. The van der Waals surface area contributed by atoms with Crippen molar-refractivity contribution in [3.8, 4) is 0 Å². The lowest BCUT2D eigenvalue weighted by molar-refractivity contribution is 0.541.